The molecule has 0 aliphatic heterocycles. The molecule has 30 heavy (non-hydrogen) atoms. The minimum atomic E-state index is -0.545. The number of nitriles is 1. The van der Waals surface area contributed by atoms with Gasteiger partial charge in [0.05, 0.1) is 13.7 Å². The van der Waals surface area contributed by atoms with Crippen LogP contribution in [0, 0.1) is 11.3 Å². The summed E-state index contributed by atoms with van der Waals surface area (Å²) in [6, 6.07) is 13.6. The average molecular weight is 407 g/mol. The molecule has 0 atom stereocenters. The molecule has 0 aliphatic rings. The van der Waals surface area contributed by atoms with Crippen LogP contribution in [0.25, 0.3) is 6.08 Å². The van der Waals surface area contributed by atoms with Crippen molar-refractivity contribution in [3.63, 3.8) is 0 Å². The molecule has 7 heteroatoms. The van der Waals surface area contributed by atoms with Gasteiger partial charge in [0.15, 0.2) is 11.5 Å². The summed E-state index contributed by atoms with van der Waals surface area (Å²) in [5, 5.41) is 12.1. The number of anilines is 1. The number of nitrogens with zero attached hydrogens (tertiary/aromatic N) is 2. The fraction of sp³-hybridized carbons (Fsp3) is 0.261. The monoisotopic (exact) mass is 407 g/mol. The van der Waals surface area contributed by atoms with E-state index in [4.69, 9.17) is 9.47 Å². The molecule has 2 rings (SSSR count). The smallest absolute Gasteiger partial charge is 0.266 e. The Morgan fingerprint density at radius 3 is 2.40 bits per heavy atom. The lowest BCUT2D eigenvalue weighted by atomic mass is 10.1. The number of nitrogens with one attached hydrogen (secondary N) is 1. The molecule has 0 saturated heterocycles. The third kappa shape index (κ3) is 5.85. The fourth-order valence-electron chi connectivity index (χ4n) is 2.58. The van der Waals surface area contributed by atoms with Crippen molar-refractivity contribution in [2.45, 2.75) is 13.3 Å². The zero-order valence-corrected chi connectivity index (χ0v) is 17.6. The molecule has 1 N–H and O–H groups in total. The predicted molar refractivity (Wildman–Crippen MR) is 115 cm³/mol. The highest BCUT2D eigenvalue weighted by atomic mass is 16.5. The molecule has 0 aliphatic carbocycles. The lowest BCUT2D eigenvalue weighted by Crippen LogP contribution is -2.21. The largest absolute Gasteiger partial charge is 0.493 e. The van der Waals surface area contributed by atoms with Gasteiger partial charge >= 0.3 is 0 Å². The Labute approximate surface area is 176 Å². The number of amides is 2. The minimum Gasteiger partial charge on any atom is -0.493 e. The maximum Gasteiger partial charge on any atom is 0.266 e. The molecule has 0 saturated carbocycles. The summed E-state index contributed by atoms with van der Waals surface area (Å²) in [4.78, 5) is 25.9. The topological polar surface area (TPSA) is 91.7 Å². The molecule has 2 aromatic rings. The Balaban J connectivity index is 2.19. The summed E-state index contributed by atoms with van der Waals surface area (Å²) in [5.41, 5.74) is 1.57. The first kappa shape index (κ1) is 22.5. The fourth-order valence-corrected chi connectivity index (χ4v) is 2.58. The van der Waals surface area contributed by atoms with Gasteiger partial charge in [-0.2, -0.15) is 5.26 Å². The van der Waals surface area contributed by atoms with Crippen molar-refractivity contribution in [3.8, 4) is 17.6 Å². The Kier molecular flexibility index (Phi) is 8.00. The molecule has 2 aromatic carbocycles. The summed E-state index contributed by atoms with van der Waals surface area (Å²) in [6.07, 6.45) is 2.32. The van der Waals surface area contributed by atoms with Gasteiger partial charge in [0.2, 0.25) is 0 Å². The van der Waals surface area contributed by atoms with Crippen LogP contribution in [-0.2, 0) is 4.79 Å². The Hall–Kier alpha value is -3.79. The molecule has 0 fully saturated rings. The lowest BCUT2D eigenvalue weighted by Gasteiger charge is -2.11. The van der Waals surface area contributed by atoms with Crippen molar-refractivity contribution in [1.29, 1.82) is 5.26 Å². The maximum atomic E-state index is 12.5. The number of methoxy groups -OCH3 is 1. The molecule has 0 unspecified atom stereocenters. The maximum absolute atomic E-state index is 12.5. The van der Waals surface area contributed by atoms with Gasteiger partial charge in [0.25, 0.3) is 11.8 Å². The second-order valence-corrected chi connectivity index (χ2v) is 6.66. The van der Waals surface area contributed by atoms with Crippen molar-refractivity contribution in [2.24, 2.45) is 0 Å². The van der Waals surface area contributed by atoms with E-state index in [2.05, 4.69) is 5.32 Å². The third-order valence-electron chi connectivity index (χ3n) is 4.12. The number of benzene rings is 2. The van der Waals surface area contributed by atoms with Gasteiger partial charge in [0, 0.05) is 25.3 Å². The summed E-state index contributed by atoms with van der Waals surface area (Å²) in [7, 11) is 4.88. The van der Waals surface area contributed by atoms with Gasteiger partial charge in [-0.25, -0.2) is 0 Å². The van der Waals surface area contributed by atoms with Crippen LogP contribution >= 0.6 is 0 Å². The van der Waals surface area contributed by atoms with E-state index >= 15 is 0 Å². The zero-order valence-electron chi connectivity index (χ0n) is 17.6. The van der Waals surface area contributed by atoms with E-state index in [9.17, 15) is 14.9 Å². The lowest BCUT2D eigenvalue weighted by molar-refractivity contribution is -0.112. The molecule has 0 heterocycles. The zero-order chi connectivity index (χ0) is 22.1. The van der Waals surface area contributed by atoms with Crippen LogP contribution < -0.4 is 14.8 Å². The highest BCUT2D eigenvalue weighted by Gasteiger charge is 2.12. The normalized spacial score (nSPS) is 10.7. The summed E-state index contributed by atoms with van der Waals surface area (Å²) in [5.74, 6) is 0.449. The predicted octanol–water partition coefficient (Wildman–Crippen LogP) is 3.73. The van der Waals surface area contributed by atoms with E-state index < -0.39 is 5.91 Å². The SMILES string of the molecule is CCCOc1cc(/C=C(\C#N)C(=O)Nc2ccc(C(=O)N(C)C)cc2)ccc1OC. The van der Waals surface area contributed by atoms with Crippen LogP contribution in [-0.4, -0.2) is 44.5 Å². The number of ether oxygens (including phenoxy) is 2. The highest BCUT2D eigenvalue weighted by molar-refractivity contribution is 6.09. The van der Waals surface area contributed by atoms with Gasteiger partial charge in [-0.05, 0) is 54.5 Å². The van der Waals surface area contributed by atoms with Gasteiger partial charge in [-0.3, -0.25) is 9.59 Å². The van der Waals surface area contributed by atoms with Crippen LogP contribution in [0.4, 0.5) is 5.69 Å². The molecular formula is C23H25N3O4. The molecule has 0 aromatic heterocycles. The Morgan fingerprint density at radius 1 is 1.13 bits per heavy atom. The van der Waals surface area contributed by atoms with Crippen molar-refractivity contribution < 1.29 is 19.1 Å². The van der Waals surface area contributed by atoms with Crippen LogP contribution in [0.5, 0.6) is 11.5 Å². The van der Waals surface area contributed by atoms with Crippen LogP contribution in [0.2, 0.25) is 0 Å². The van der Waals surface area contributed by atoms with E-state index in [0.29, 0.717) is 34.9 Å². The van der Waals surface area contributed by atoms with Crippen LogP contribution in [0.15, 0.2) is 48.0 Å². The van der Waals surface area contributed by atoms with Gasteiger partial charge in [-0.15, -0.1) is 0 Å². The Bertz CT molecular complexity index is 973. The molecule has 156 valence electrons. The molecule has 0 bridgehead atoms. The van der Waals surface area contributed by atoms with E-state index in [-0.39, 0.29) is 11.5 Å². The van der Waals surface area contributed by atoms with E-state index in [0.717, 1.165) is 6.42 Å². The average Bonchev–Trinajstić information content (AvgIpc) is 2.75. The van der Waals surface area contributed by atoms with Crippen molar-refractivity contribution >= 4 is 23.6 Å². The molecular weight excluding hydrogens is 382 g/mol. The second kappa shape index (κ2) is 10.7. The number of hydrogen-bond donors (Lipinski definition) is 1. The van der Waals surface area contributed by atoms with Crippen molar-refractivity contribution in [2.75, 3.05) is 33.1 Å². The summed E-state index contributed by atoms with van der Waals surface area (Å²) >= 11 is 0. The van der Waals surface area contributed by atoms with Gasteiger partial charge < -0.3 is 19.7 Å². The van der Waals surface area contributed by atoms with Gasteiger partial charge in [-0.1, -0.05) is 13.0 Å². The number of hydrogen-bond acceptors (Lipinski definition) is 5. The molecule has 0 spiro atoms. The minimum absolute atomic E-state index is 0.0601. The first-order chi connectivity index (χ1) is 14.4. The van der Waals surface area contributed by atoms with Crippen LogP contribution in [0.1, 0.15) is 29.3 Å². The van der Waals surface area contributed by atoms with Crippen molar-refractivity contribution in [3.05, 3.63) is 59.2 Å². The number of carbonyl (C=O) groups excluding carboxylic acids is 2. The quantitative estimate of drug-likeness (QED) is 0.532. The molecule has 7 nitrogen and oxygen atoms in total. The standard InChI is InChI=1S/C23H25N3O4/c1-5-12-30-21-14-16(6-11-20(21)29-4)13-18(15-24)22(27)25-19-9-7-17(8-10-19)23(28)26(2)3/h6-11,13-14H,5,12H2,1-4H3,(H,25,27)/b18-13+. The van der Waals surface area contributed by atoms with E-state index in [1.54, 1.807) is 63.7 Å². The molecule has 0 radical (unpaired) electrons. The first-order valence-corrected chi connectivity index (χ1v) is 9.45. The number of carbonyl (C=O) groups is 2. The van der Waals surface area contributed by atoms with Crippen molar-refractivity contribution in [1.82, 2.24) is 4.90 Å². The Morgan fingerprint density at radius 2 is 1.83 bits per heavy atom. The first-order valence-electron chi connectivity index (χ1n) is 9.45. The third-order valence-corrected chi connectivity index (χ3v) is 4.12. The second-order valence-electron chi connectivity index (χ2n) is 6.66. The van der Waals surface area contributed by atoms with E-state index in [1.807, 2.05) is 13.0 Å². The summed E-state index contributed by atoms with van der Waals surface area (Å²) < 4.78 is 10.9. The number of rotatable bonds is 8. The van der Waals surface area contributed by atoms with Crippen LogP contribution in [0.3, 0.4) is 0 Å². The molecule has 2 amide bonds. The van der Waals surface area contributed by atoms with Gasteiger partial charge in [0.1, 0.15) is 11.6 Å². The highest BCUT2D eigenvalue weighted by Crippen LogP contribution is 2.29. The summed E-state index contributed by atoms with van der Waals surface area (Å²) in [6.45, 7) is 2.53. The van der Waals surface area contributed by atoms with E-state index in [1.165, 1.54) is 11.0 Å².